The van der Waals surface area contributed by atoms with Crippen molar-refractivity contribution in [3.63, 3.8) is 0 Å². The number of benzene rings is 1. The van der Waals surface area contributed by atoms with Gasteiger partial charge in [0.2, 0.25) is 10.0 Å². The summed E-state index contributed by atoms with van der Waals surface area (Å²) in [7, 11) is -3.20. The molecule has 21 heavy (non-hydrogen) atoms. The summed E-state index contributed by atoms with van der Waals surface area (Å²) in [4.78, 5) is 14.3. The first kappa shape index (κ1) is 15.8. The van der Waals surface area contributed by atoms with E-state index in [9.17, 15) is 13.2 Å². The quantitative estimate of drug-likeness (QED) is 0.814. The number of nitrogens with zero attached hydrogens (tertiary/aromatic N) is 2. The Morgan fingerprint density at radius 3 is 2.57 bits per heavy atom. The summed E-state index contributed by atoms with van der Waals surface area (Å²) in [6.45, 7) is 3.62. The number of nitrogens with two attached hydrogens (primary N) is 1. The van der Waals surface area contributed by atoms with Gasteiger partial charge in [0.1, 0.15) is 0 Å². The Morgan fingerprint density at radius 2 is 1.90 bits per heavy atom. The van der Waals surface area contributed by atoms with E-state index in [4.69, 9.17) is 5.73 Å². The van der Waals surface area contributed by atoms with Gasteiger partial charge in [-0.05, 0) is 31.0 Å². The summed E-state index contributed by atoms with van der Waals surface area (Å²) in [5.41, 5.74) is 7.76. The Bertz CT molecular complexity index is 643. The molecular formula is C14H21N3O3S. The van der Waals surface area contributed by atoms with Crippen LogP contribution in [0.3, 0.4) is 0 Å². The lowest BCUT2D eigenvalue weighted by Crippen LogP contribution is -2.37. The van der Waals surface area contributed by atoms with Crippen molar-refractivity contribution in [3.8, 4) is 0 Å². The topological polar surface area (TPSA) is 83.7 Å². The molecule has 7 heteroatoms. The standard InChI is InChI=1S/C14H21N3O3S/c1-11-4-5-12(15)10-13(11)14(18)16-6-3-7-17(9-8-16)21(2,19)20/h4-5,10H,3,6-9,15H2,1-2H3. The molecule has 1 aliphatic heterocycles. The first-order valence-electron chi connectivity index (χ1n) is 6.89. The number of anilines is 1. The number of rotatable bonds is 2. The third-order valence-electron chi connectivity index (χ3n) is 3.70. The van der Waals surface area contributed by atoms with Crippen LogP contribution in [0, 0.1) is 6.92 Å². The van der Waals surface area contributed by atoms with Crippen molar-refractivity contribution in [1.29, 1.82) is 0 Å². The zero-order valence-corrected chi connectivity index (χ0v) is 13.2. The number of aryl methyl sites for hydroxylation is 1. The number of hydrogen-bond donors (Lipinski definition) is 1. The van der Waals surface area contributed by atoms with Crippen molar-refractivity contribution in [1.82, 2.24) is 9.21 Å². The number of sulfonamides is 1. The fourth-order valence-electron chi connectivity index (χ4n) is 2.47. The molecule has 1 amide bonds. The predicted molar refractivity (Wildman–Crippen MR) is 82.5 cm³/mol. The molecule has 2 N–H and O–H groups in total. The lowest BCUT2D eigenvalue weighted by Gasteiger charge is -2.22. The second kappa shape index (κ2) is 6.03. The number of hydrogen-bond acceptors (Lipinski definition) is 4. The molecule has 0 saturated carbocycles. The number of carbonyl (C=O) groups excluding carboxylic acids is 1. The third-order valence-corrected chi connectivity index (χ3v) is 5.01. The van der Waals surface area contributed by atoms with Crippen molar-refractivity contribution in [2.24, 2.45) is 0 Å². The van der Waals surface area contributed by atoms with Gasteiger partial charge in [0.25, 0.3) is 5.91 Å². The van der Waals surface area contributed by atoms with Gasteiger partial charge in [0, 0.05) is 37.4 Å². The molecular weight excluding hydrogens is 290 g/mol. The molecule has 0 spiro atoms. The Morgan fingerprint density at radius 1 is 1.19 bits per heavy atom. The van der Waals surface area contributed by atoms with Crippen LogP contribution in [0.25, 0.3) is 0 Å². The summed E-state index contributed by atoms with van der Waals surface area (Å²) in [5, 5.41) is 0. The molecule has 1 fully saturated rings. The zero-order valence-electron chi connectivity index (χ0n) is 12.4. The second-order valence-electron chi connectivity index (χ2n) is 5.38. The lowest BCUT2D eigenvalue weighted by atomic mass is 10.1. The van der Waals surface area contributed by atoms with Crippen LogP contribution in [0.5, 0.6) is 0 Å². The van der Waals surface area contributed by atoms with E-state index in [1.54, 1.807) is 17.0 Å². The highest BCUT2D eigenvalue weighted by Gasteiger charge is 2.25. The maximum absolute atomic E-state index is 12.6. The lowest BCUT2D eigenvalue weighted by molar-refractivity contribution is 0.0763. The highest BCUT2D eigenvalue weighted by atomic mass is 32.2. The number of nitrogen functional groups attached to an aromatic ring is 1. The summed E-state index contributed by atoms with van der Waals surface area (Å²) in [5.74, 6) is -0.0878. The number of carbonyl (C=O) groups is 1. The molecule has 116 valence electrons. The minimum absolute atomic E-state index is 0.0878. The first-order valence-corrected chi connectivity index (χ1v) is 8.74. The largest absolute Gasteiger partial charge is 0.399 e. The molecule has 6 nitrogen and oxygen atoms in total. The van der Waals surface area contributed by atoms with Crippen molar-refractivity contribution in [2.45, 2.75) is 13.3 Å². The average molecular weight is 311 g/mol. The molecule has 1 heterocycles. The van der Waals surface area contributed by atoms with Crippen molar-refractivity contribution in [2.75, 3.05) is 38.2 Å². The summed E-state index contributed by atoms with van der Waals surface area (Å²) in [6.07, 6.45) is 1.84. The van der Waals surface area contributed by atoms with E-state index in [0.29, 0.717) is 43.9 Å². The molecule has 0 bridgehead atoms. The molecule has 1 aromatic carbocycles. The number of amides is 1. The monoisotopic (exact) mass is 311 g/mol. The van der Waals surface area contributed by atoms with Crippen LogP contribution in [0.1, 0.15) is 22.3 Å². The van der Waals surface area contributed by atoms with Crippen LogP contribution in [0.2, 0.25) is 0 Å². The Balaban J connectivity index is 2.15. The average Bonchev–Trinajstić information content (AvgIpc) is 2.66. The van der Waals surface area contributed by atoms with Gasteiger partial charge in [-0.25, -0.2) is 12.7 Å². The molecule has 0 aliphatic carbocycles. The molecule has 0 radical (unpaired) electrons. The van der Waals surface area contributed by atoms with Gasteiger partial charge in [-0.1, -0.05) is 6.07 Å². The van der Waals surface area contributed by atoms with Crippen molar-refractivity contribution < 1.29 is 13.2 Å². The van der Waals surface area contributed by atoms with Crippen LogP contribution in [0.15, 0.2) is 18.2 Å². The van der Waals surface area contributed by atoms with E-state index < -0.39 is 10.0 Å². The van der Waals surface area contributed by atoms with E-state index >= 15 is 0 Å². The second-order valence-corrected chi connectivity index (χ2v) is 7.36. The predicted octanol–water partition coefficient (Wildman–Crippen LogP) is 0.685. The van der Waals surface area contributed by atoms with Gasteiger partial charge in [0.05, 0.1) is 6.26 Å². The maximum Gasteiger partial charge on any atom is 0.254 e. The fourth-order valence-corrected chi connectivity index (χ4v) is 3.34. The summed E-state index contributed by atoms with van der Waals surface area (Å²) in [6, 6.07) is 5.26. The fraction of sp³-hybridized carbons (Fsp3) is 0.500. The molecule has 2 rings (SSSR count). The van der Waals surface area contributed by atoms with Crippen LogP contribution < -0.4 is 5.73 Å². The third kappa shape index (κ3) is 3.74. The van der Waals surface area contributed by atoms with Crippen LogP contribution >= 0.6 is 0 Å². The van der Waals surface area contributed by atoms with E-state index in [1.807, 2.05) is 13.0 Å². The summed E-state index contributed by atoms with van der Waals surface area (Å²) >= 11 is 0. The first-order chi connectivity index (χ1) is 9.79. The van der Waals surface area contributed by atoms with E-state index in [-0.39, 0.29) is 5.91 Å². The Kier molecular flexibility index (Phi) is 4.53. The van der Waals surface area contributed by atoms with Gasteiger partial charge in [0.15, 0.2) is 0 Å². The van der Waals surface area contributed by atoms with Crippen LogP contribution in [-0.2, 0) is 10.0 Å². The molecule has 1 saturated heterocycles. The van der Waals surface area contributed by atoms with Crippen LogP contribution in [-0.4, -0.2) is 56.0 Å². The minimum atomic E-state index is -3.20. The van der Waals surface area contributed by atoms with Gasteiger partial charge >= 0.3 is 0 Å². The molecule has 1 aromatic rings. The Labute approximate surface area is 125 Å². The molecule has 0 unspecified atom stereocenters. The van der Waals surface area contributed by atoms with Crippen molar-refractivity contribution in [3.05, 3.63) is 29.3 Å². The van der Waals surface area contributed by atoms with E-state index in [2.05, 4.69) is 0 Å². The smallest absolute Gasteiger partial charge is 0.254 e. The molecule has 0 atom stereocenters. The molecule has 1 aliphatic rings. The normalized spacial score (nSPS) is 17.5. The van der Waals surface area contributed by atoms with Gasteiger partial charge in [-0.15, -0.1) is 0 Å². The minimum Gasteiger partial charge on any atom is -0.399 e. The highest BCUT2D eigenvalue weighted by molar-refractivity contribution is 7.88. The highest BCUT2D eigenvalue weighted by Crippen LogP contribution is 2.17. The van der Waals surface area contributed by atoms with Crippen molar-refractivity contribution >= 4 is 21.6 Å². The Hall–Kier alpha value is -1.60. The molecule has 0 aromatic heterocycles. The van der Waals surface area contributed by atoms with Gasteiger partial charge < -0.3 is 10.6 Å². The SMILES string of the molecule is Cc1ccc(N)cc1C(=O)N1CCCN(S(C)(=O)=O)CC1. The summed E-state index contributed by atoms with van der Waals surface area (Å²) < 4.78 is 24.6. The zero-order chi connectivity index (χ0) is 15.6. The van der Waals surface area contributed by atoms with E-state index in [1.165, 1.54) is 10.6 Å². The van der Waals surface area contributed by atoms with Crippen LogP contribution in [0.4, 0.5) is 5.69 Å². The van der Waals surface area contributed by atoms with Gasteiger partial charge in [-0.2, -0.15) is 0 Å². The van der Waals surface area contributed by atoms with Gasteiger partial charge in [-0.3, -0.25) is 4.79 Å². The van der Waals surface area contributed by atoms with E-state index in [0.717, 1.165) is 5.56 Å². The maximum atomic E-state index is 12.6.